The van der Waals surface area contributed by atoms with Crippen LogP contribution in [0.2, 0.25) is 0 Å². The summed E-state index contributed by atoms with van der Waals surface area (Å²) in [6, 6.07) is 14.1. The zero-order valence-corrected chi connectivity index (χ0v) is 13.3. The van der Waals surface area contributed by atoms with E-state index >= 15 is 0 Å². The smallest absolute Gasteiger partial charge is 0.161 e. The van der Waals surface area contributed by atoms with Crippen molar-refractivity contribution in [2.45, 2.75) is 26.1 Å². The molecule has 2 N–H and O–H groups in total. The maximum absolute atomic E-state index is 9.05. The number of hydrogen-bond acceptors (Lipinski definition) is 4. The highest BCUT2D eigenvalue weighted by Crippen LogP contribution is 2.29. The molecule has 0 saturated heterocycles. The lowest BCUT2D eigenvalue weighted by molar-refractivity contribution is 0.282. The Labute approximate surface area is 131 Å². The lowest BCUT2D eigenvalue weighted by atomic mass is 10.1. The Bertz CT molecular complexity index is 596. The normalized spacial score (nSPS) is 12.0. The standard InChI is InChI=1S/C18H23NO3/c1-13(16-8-9-17(21-2)18(10-16)22-3)19-11-14-4-6-15(12-20)7-5-14/h4-10,13,19-20H,11-12H2,1-3H3. The van der Waals surface area contributed by atoms with E-state index < -0.39 is 0 Å². The van der Waals surface area contributed by atoms with Gasteiger partial charge in [0.05, 0.1) is 20.8 Å². The predicted octanol–water partition coefficient (Wildman–Crippen LogP) is 3.05. The van der Waals surface area contributed by atoms with Crippen molar-refractivity contribution in [3.05, 3.63) is 59.2 Å². The summed E-state index contributed by atoms with van der Waals surface area (Å²) in [7, 11) is 3.28. The van der Waals surface area contributed by atoms with Crippen molar-refractivity contribution >= 4 is 0 Å². The number of methoxy groups -OCH3 is 2. The quantitative estimate of drug-likeness (QED) is 0.825. The van der Waals surface area contributed by atoms with Crippen LogP contribution in [0.4, 0.5) is 0 Å². The Morgan fingerprint density at radius 2 is 1.59 bits per heavy atom. The van der Waals surface area contributed by atoms with Gasteiger partial charge < -0.3 is 19.9 Å². The molecule has 0 aromatic heterocycles. The highest BCUT2D eigenvalue weighted by Gasteiger charge is 2.09. The van der Waals surface area contributed by atoms with E-state index in [-0.39, 0.29) is 12.6 Å². The molecular formula is C18H23NO3. The molecule has 4 heteroatoms. The van der Waals surface area contributed by atoms with Crippen LogP contribution >= 0.6 is 0 Å². The van der Waals surface area contributed by atoms with Gasteiger partial charge in [-0.25, -0.2) is 0 Å². The van der Waals surface area contributed by atoms with Crippen molar-refractivity contribution < 1.29 is 14.6 Å². The van der Waals surface area contributed by atoms with Crippen LogP contribution in [0, 0.1) is 0 Å². The molecule has 2 aromatic carbocycles. The van der Waals surface area contributed by atoms with E-state index in [4.69, 9.17) is 14.6 Å². The fraction of sp³-hybridized carbons (Fsp3) is 0.333. The van der Waals surface area contributed by atoms with Gasteiger partial charge in [0.15, 0.2) is 11.5 Å². The number of nitrogens with one attached hydrogen (secondary N) is 1. The van der Waals surface area contributed by atoms with Gasteiger partial charge in [0.25, 0.3) is 0 Å². The van der Waals surface area contributed by atoms with Gasteiger partial charge in [-0.05, 0) is 35.7 Å². The fourth-order valence-corrected chi connectivity index (χ4v) is 2.27. The monoisotopic (exact) mass is 301 g/mol. The Balaban J connectivity index is 2.00. The third kappa shape index (κ3) is 4.00. The molecule has 1 unspecified atom stereocenters. The molecule has 1 atom stereocenters. The van der Waals surface area contributed by atoms with Gasteiger partial charge >= 0.3 is 0 Å². The largest absolute Gasteiger partial charge is 0.493 e. The fourth-order valence-electron chi connectivity index (χ4n) is 2.27. The Morgan fingerprint density at radius 3 is 2.18 bits per heavy atom. The molecule has 0 aliphatic rings. The summed E-state index contributed by atoms with van der Waals surface area (Å²) < 4.78 is 10.6. The summed E-state index contributed by atoms with van der Waals surface area (Å²) in [5.41, 5.74) is 3.26. The molecule has 0 spiro atoms. The van der Waals surface area contributed by atoms with Crippen LogP contribution < -0.4 is 14.8 Å². The summed E-state index contributed by atoms with van der Waals surface area (Å²) in [5, 5.41) is 12.5. The molecule has 0 aliphatic carbocycles. The van der Waals surface area contributed by atoms with Crippen molar-refractivity contribution in [1.82, 2.24) is 5.32 Å². The SMILES string of the molecule is COc1ccc(C(C)NCc2ccc(CO)cc2)cc1OC. The second kappa shape index (κ2) is 7.82. The minimum Gasteiger partial charge on any atom is -0.493 e. The molecule has 2 aromatic rings. The minimum absolute atomic E-state index is 0.0791. The van der Waals surface area contributed by atoms with Gasteiger partial charge in [-0.3, -0.25) is 0 Å². The molecule has 4 nitrogen and oxygen atoms in total. The van der Waals surface area contributed by atoms with Crippen molar-refractivity contribution in [3.63, 3.8) is 0 Å². The first kappa shape index (κ1) is 16.3. The molecule has 118 valence electrons. The Kier molecular flexibility index (Phi) is 5.81. The van der Waals surface area contributed by atoms with Gasteiger partial charge in [0.1, 0.15) is 0 Å². The number of hydrogen-bond donors (Lipinski definition) is 2. The average molecular weight is 301 g/mol. The number of rotatable bonds is 7. The molecule has 0 heterocycles. The van der Waals surface area contributed by atoms with Crippen LogP contribution in [-0.4, -0.2) is 19.3 Å². The molecule has 22 heavy (non-hydrogen) atoms. The first-order valence-electron chi connectivity index (χ1n) is 7.32. The molecule has 0 amide bonds. The third-order valence-electron chi connectivity index (χ3n) is 3.73. The lowest BCUT2D eigenvalue weighted by Gasteiger charge is -2.16. The van der Waals surface area contributed by atoms with Gasteiger partial charge in [0.2, 0.25) is 0 Å². The van der Waals surface area contributed by atoms with Gasteiger partial charge in [-0.1, -0.05) is 30.3 Å². The second-order valence-electron chi connectivity index (χ2n) is 5.19. The number of aliphatic hydroxyl groups excluding tert-OH is 1. The van der Waals surface area contributed by atoms with Crippen LogP contribution in [0.5, 0.6) is 11.5 Å². The second-order valence-corrected chi connectivity index (χ2v) is 5.19. The zero-order chi connectivity index (χ0) is 15.9. The number of benzene rings is 2. The predicted molar refractivity (Wildman–Crippen MR) is 87.2 cm³/mol. The van der Waals surface area contributed by atoms with E-state index in [0.29, 0.717) is 0 Å². The lowest BCUT2D eigenvalue weighted by Crippen LogP contribution is -2.18. The van der Waals surface area contributed by atoms with E-state index in [1.165, 1.54) is 5.56 Å². The van der Waals surface area contributed by atoms with E-state index in [1.807, 2.05) is 42.5 Å². The highest BCUT2D eigenvalue weighted by atomic mass is 16.5. The Hall–Kier alpha value is -2.04. The summed E-state index contributed by atoms with van der Waals surface area (Å²) in [6.07, 6.45) is 0. The maximum atomic E-state index is 9.05. The highest BCUT2D eigenvalue weighted by molar-refractivity contribution is 5.43. The van der Waals surface area contributed by atoms with Crippen molar-refractivity contribution in [2.24, 2.45) is 0 Å². The van der Waals surface area contributed by atoms with Crippen LogP contribution in [0.3, 0.4) is 0 Å². The van der Waals surface area contributed by atoms with Crippen LogP contribution in [0.1, 0.15) is 29.7 Å². The van der Waals surface area contributed by atoms with Crippen molar-refractivity contribution in [3.8, 4) is 11.5 Å². The van der Waals surface area contributed by atoms with Gasteiger partial charge in [-0.15, -0.1) is 0 Å². The molecule has 2 rings (SSSR count). The summed E-state index contributed by atoms with van der Waals surface area (Å²) in [6.45, 7) is 2.96. The number of aliphatic hydroxyl groups is 1. The Morgan fingerprint density at radius 1 is 0.955 bits per heavy atom. The first-order valence-corrected chi connectivity index (χ1v) is 7.32. The molecule has 0 saturated carbocycles. The van der Waals surface area contributed by atoms with E-state index in [9.17, 15) is 0 Å². The van der Waals surface area contributed by atoms with Crippen LogP contribution in [-0.2, 0) is 13.2 Å². The van der Waals surface area contributed by atoms with Crippen molar-refractivity contribution in [2.75, 3.05) is 14.2 Å². The maximum Gasteiger partial charge on any atom is 0.161 e. The van der Waals surface area contributed by atoms with Crippen LogP contribution in [0.25, 0.3) is 0 Å². The van der Waals surface area contributed by atoms with Gasteiger partial charge in [0, 0.05) is 12.6 Å². The third-order valence-corrected chi connectivity index (χ3v) is 3.73. The first-order chi connectivity index (χ1) is 10.7. The van der Waals surface area contributed by atoms with Crippen LogP contribution in [0.15, 0.2) is 42.5 Å². The van der Waals surface area contributed by atoms with E-state index in [1.54, 1.807) is 14.2 Å². The summed E-state index contributed by atoms with van der Waals surface area (Å²) in [4.78, 5) is 0. The average Bonchev–Trinajstić information content (AvgIpc) is 2.59. The zero-order valence-electron chi connectivity index (χ0n) is 13.3. The minimum atomic E-state index is 0.0791. The van der Waals surface area contributed by atoms with E-state index in [2.05, 4.69) is 12.2 Å². The molecular weight excluding hydrogens is 278 g/mol. The van der Waals surface area contributed by atoms with E-state index in [0.717, 1.165) is 29.2 Å². The van der Waals surface area contributed by atoms with Crippen molar-refractivity contribution in [1.29, 1.82) is 0 Å². The molecule has 0 radical (unpaired) electrons. The molecule has 0 aliphatic heterocycles. The molecule has 0 fully saturated rings. The summed E-state index contributed by atoms with van der Waals surface area (Å²) >= 11 is 0. The van der Waals surface area contributed by atoms with Gasteiger partial charge in [-0.2, -0.15) is 0 Å². The number of ether oxygens (including phenoxy) is 2. The summed E-state index contributed by atoms with van der Waals surface area (Å²) in [5.74, 6) is 1.47. The topological polar surface area (TPSA) is 50.7 Å². The molecule has 0 bridgehead atoms.